The van der Waals surface area contributed by atoms with E-state index < -0.39 is 0 Å². The summed E-state index contributed by atoms with van der Waals surface area (Å²) < 4.78 is 0. The lowest BCUT2D eigenvalue weighted by Crippen LogP contribution is -2.20. The molecule has 1 amide bonds. The van der Waals surface area contributed by atoms with Crippen molar-refractivity contribution < 1.29 is 4.79 Å². The third-order valence-electron chi connectivity index (χ3n) is 4.39. The zero-order valence-electron chi connectivity index (χ0n) is 12.3. The molecule has 22 heavy (non-hydrogen) atoms. The van der Waals surface area contributed by atoms with Crippen molar-refractivity contribution in [3.05, 3.63) is 47.0 Å². The van der Waals surface area contributed by atoms with Gasteiger partial charge in [-0.1, -0.05) is 12.1 Å². The Kier molecular flexibility index (Phi) is 3.68. The first-order chi connectivity index (χ1) is 10.8. The van der Waals surface area contributed by atoms with Crippen LogP contribution in [0.5, 0.6) is 0 Å². The zero-order valence-corrected chi connectivity index (χ0v) is 13.1. The zero-order chi connectivity index (χ0) is 14.9. The molecule has 1 aromatic carbocycles. The summed E-state index contributed by atoms with van der Waals surface area (Å²) in [5, 5.41) is 8.98. The van der Waals surface area contributed by atoms with Gasteiger partial charge in [-0.25, -0.2) is 4.98 Å². The van der Waals surface area contributed by atoms with E-state index in [2.05, 4.69) is 21.7 Å². The van der Waals surface area contributed by atoms with E-state index in [0.717, 1.165) is 12.5 Å². The number of nitrogens with zero attached hydrogens (tertiary/aromatic N) is 1. The van der Waals surface area contributed by atoms with E-state index in [1.807, 2.05) is 23.6 Å². The monoisotopic (exact) mass is 313 g/mol. The SMILES string of the molecule is O=C(Nc1nccs1)c1cccc([C@@H]2C[C@H]2NCC2CC2)c1. The van der Waals surface area contributed by atoms with Crippen LogP contribution in [0.1, 0.15) is 41.1 Å². The number of anilines is 1. The summed E-state index contributed by atoms with van der Waals surface area (Å²) in [4.78, 5) is 16.3. The van der Waals surface area contributed by atoms with E-state index in [1.165, 1.54) is 36.2 Å². The molecule has 4 nitrogen and oxygen atoms in total. The quantitative estimate of drug-likeness (QED) is 0.861. The second kappa shape index (κ2) is 5.82. The van der Waals surface area contributed by atoms with Crippen LogP contribution in [-0.2, 0) is 0 Å². The van der Waals surface area contributed by atoms with Crippen LogP contribution < -0.4 is 10.6 Å². The van der Waals surface area contributed by atoms with Gasteiger partial charge in [-0.05, 0) is 49.4 Å². The van der Waals surface area contributed by atoms with Crippen LogP contribution in [0.25, 0.3) is 0 Å². The maximum atomic E-state index is 12.3. The number of benzene rings is 1. The first kappa shape index (κ1) is 13.9. The predicted molar refractivity (Wildman–Crippen MR) is 88.4 cm³/mol. The van der Waals surface area contributed by atoms with Crippen molar-refractivity contribution in [3.8, 4) is 0 Å². The molecule has 0 spiro atoms. The minimum absolute atomic E-state index is 0.0834. The Morgan fingerprint density at radius 1 is 1.36 bits per heavy atom. The number of nitrogens with one attached hydrogen (secondary N) is 2. The first-order valence-corrected chi connectivity index (χ1v) is 8.72. The van der Waals surface area contributed by atoms with Crippen LogP contribution in [-0.4, -0.2) is 23.5 Å². The highest BCUT2D eigenvalue weighted by Gasteiger charge is 2.39. The van der Waals surface area contributed by atoms with E-state index in [9.17, 15) is 4.79 Å². The Hall–Kier alpha value is -1.72. The lowest BCUT2D eigenvalue weighted by atomic mass is 10.1. The summed E-state index contributed by atoms with van der Waals surface area (Å²) in [6.45, 7) is 1.16. The van der Waals surface area contributed by atoms with Gasteiger partial charge >= 0.3 is 0 Å². The van der Waals surface area contributed by atoms with Crippen LogP contribution in [0.2, 0.25) is 0 Å². The number of hydrogen-bond acceptors (Lipinski definition) is 4. The average molecular weight is 313 g/mol. The number of carbonyl (C=O) groups is 1. The highest BCUT2D eigenvalue weighted by Crippen LogP contribution is 2.41. The summed E-state index contributed by atoms with van der Waals surface area (Å²) in [7, 11) is 0. The summed E-state index contributed by atoms with van der Waals surface area (Å²) >= 11 is 1.43. The van der Waals surface area contributed by atoms with Crippen molar-refractivity contribution >= 4 is 22.4 Å². The van der Waals surface area contributed by atoms with Crippen LogP contribution in [0.4, 0.5) is 5.13 Å². The molecular weight excluding hydrogens is 294 g/mol. The van der Waals surface area contributed by atoms with Gasteiger partial charge in [0, 0.05) is 29.1 Å². The normalized spacial score (nSPS) is 23.3. The molecular formula is C17H19N3OS. The molecule has 2 saturated carbocycles. The van der Waals surface area contributed by atoms with E-state index in [0.29, 0.717) is 22.7 Å². The van der Waals surface area contributed by atoms with Crippen molar-refractivity contribution in [2.75, 3.05) is 11.9 Å². The molecule has 0 radical (unpaired) electrons. The minimum atomic E-state index is -0.0834. The molecule has 2 aliphatic carbocycles. The fraction of sp³-hybridized carbons (Fsp3) is 0.412. The predicted octanol–water partition coefficient (Wildman–Crippen LogP) is 3.25. The minimum Gasteiger partial charge on any atom is -0.313 e. The second-order valence-electron chi connectivity index (χ2n) is 6.22. The van der Waals surface area contributed by atoms with E-state index in [-0.39, 0.29) is 5.91 Å². The summed E-state index contributed by atoms with van der Waals surface area (Å²) in [6.07, 6.45) is 5.65. The standard InChI is InChI=1S/C17H19N3OS/c21-16(20-17-18-6-7-22-17)13-3-1-2-12(8-13)14-9-15(14)19-10-11-4-5-11/h1-3,6-8,11,14-15,19H,4-5,9-10H2,(H,18,20,21)/t14-,15+/m0/s1. The van der Waals surface area contributed by atoms with Crippen molar-refractivity contribution in [1.29, 1.82) is 0 Å². The molecule has 0 aliphatic heterocycles. The molecule has 0 unspecified atom stereocenters. The Balaban J connectivity index is 1.39. The molecule has 4 rings (SSSR count). The molecule has 1 heterocycles. The molecule has 2 N–H and O–H groups in total. The smallest absolute Gasteiger partial charge is 0.257 e. The number of hydrogen-bond donors (Lipinski definition) is 2. The van der Waals surface area contributed by atoms with Crippen molar-refractivity contribution in [2.45, 2.75) is 31.2 Å². The number of amides is 1. The lowest BCUT2D eigenvalue weighted by molar-refractivity contribution is 0.102. The largest absolute Gasteiger partial charge is 0.313 e. The van der Waals surface area contributed by atoms with Crippen molar-refractivity contribution in [2.24, 2.45) is 5.92 Å². The Labute approximate surface area is 134 Å². The van der Waals surface area contributed by atoms with Gasteiger partial charge in [0.25, 0.3) is 5.91 Å². The van der Waals surface area contributed by atoms with Crippen LogP contribution in [0.3, 0.4) is 0 Å². The van der Waals surface area contributed by atoms with Crippen LogP contribution >= 0.6 is 11.3 Å². The fourth-order valence-electron chi connectivity index (χ4n) is 2.79. The molecule has 5 heteroatoms. The highest BCUT2D eigenvalue weighted by molar-refractivity contribution is 7.13. The number of aromatic nitrogens is 1. The maximum absolute atomic E-state index is 12.3. The van der Waals surface area contributed by atoms with Crippen molar-refractivity contribution in [3.63, 3.8) is 0 Å². The first-order valence-electron chi connectivity index (χ1n) is 7.84. The van der Waals surface area contributed by atoms with E-state index >= 15 is 0 Å². The molecule has 2 aliphatic rings. The van der Waals surface area contributed by atoms with Gasteiger partial charge in [-0.15, -0.1) is 11.3 Å². The average Bonchev–Trinajstić information content (AvgIpc) is 3.45. The van der Waals surface area contributed by atoms with Gasteiger partial charge in [-0.2, -0.15) is 0 Å². The summed E-state index contributed by atoms with van der Waals surface area (Å²) in [5.41, 5.74) is 1.97. The second-order valence-corrected chi connectivity index (χ2v) is 7.11. The third kappa shape index (κ3) is 3.20. The van der Waals surface area contributed by atoms with Crippen LogP contribution in [0.15, 0.2) is 35.8 Å². The van der Waals surface area contributed by atoms with Crippen molar-refractivity contribution in [1.82, 2.24) is 10.3 Å². The third-order valence-corrected chi connectivity index (χ3v) is 5.07. The van der Waals surface area contributed by atoms with Gasteiger partial charge in [0.1, 0.15) is 0 Å². The van der Waals surface area contributed by atoms with E-state index in [1.54, 1.807) is 6.20 Å². The Morgan fingerprint density at radius 2 is 2.27 bits per heavy atom. The molecule has 2 atom stereocenters. The lowest BCUT2D eigenvalue weighted by Gasteiger charge is -2.06. The summed E-state index contributed by atoms with van der Waals surface area (Å²) in [5.74, 6) is 1.39. The molecule has 0 saturated heterocycles. The maximum Gasteiger partial charge on any atom is 0.257 e. The van der Waals surface area contributed by atoms with Gasteiger partial charge in [0.2, 0.25) is 0 Å². The Morgan fingerprint density at radius 3 is 3.05 bits per heavy atom. The molecule has 1 aromatic heterocycles. The van der Waals surface area contributed by atoms with E-state index in [4.69, 9.17) is 0 Å². The number of carbonyl (C=O) groups excluding carboxylic acids is 1. The van der Waals surface area contributed by atoms with Gasteiger partial charge < -0.3 is 5.32 Å². The highest BCUT2D eigenvalue weighted by atomic mass is 32.1. The molecule has 114 valence electrons. The van der Waals surface area contributed by atoms with Gasteiger partial charge in [-0.3, -0.25) is 10.1 Å². The summed E-state index contributed by atoms with van der Waals surface area (Å²) in [6, 6.07) is 8.58. The molecule has 0 bridgehead atoms. The number of rotatable bonds is 6. The van der Waals surface area contributed by atoms with Crippen LogP contribution in [0, 0.1) is 5.92 Å². The van der Waals surface area contributed by atoms with Gasteiger partial charge in [0.15, 0.2) is 5.13 Å². The number of thiazole rings is 1. The van der Waals surface area contributed by atoms with Gasteiger partial charge in [0.05, 0.1) is 0 Å². The topological polar surface area (TPSA) is 54.0 Å². The molecule has 2 fully saturated rings. The fourth-order valence-corrected chi connectivity index (χ4v) is 3.32. The Bertz CT molecular complexity index is 666. The molecule has 2 aromatic rings.